The van der Waals surface area contributed by atoms with Gasteiger partial charge in [-0.3, -0.25) is 14.6 Å². The van der Waals surface area contributed by atoms with E-state index in [1.165, 1.54) is 6.07 Å². The third kappa shape index (κ3) is 2.35. The van der Waals surface area contributed by atoms with Crippen LogP contribution in [0.1, 0.15) is 15.9 Å². The number of carbonyl (C=O) groups excluding carboxylic acids is 2. The molecule has 0 aliphatic carbocycles. The quantitative estimate of drug-likeness (QED) is 0.876. The van der Waals surface area contributed by atoms with Gasteiger partial charge in [-0.15, -0.1) is 0 Å². The highest BCUT2D eigenvalue weighted by Gasteiger charge is 2.29. The Balaban J connectivity index is 1.91. The van der Waals surface area contributed by atoms with E-state index in [1.807, 2.05) is 12.1 Å². The highest BCUT2D eigenvalue weighted by molar-refractivity contribution is 6.51. The van der Waals surface area contributed by atoms with Gasteiger partial charge in [-0.25, -0.2) is 4.39 Å². The lowest BCUT2D eigenvalue weighted by atomic mass is 10.1. The van der Waals surface area contributed by atoms with E-state index in [1.54, 1.807) is 24.3 Å². The van der Waals surface area contributed by atoms with Gasteiger partial charge < -0.3 is 10.2 Å². The van der Waals surface area contributed by atoms with Crippen molar-refractivity contribution in [3.63, 3.8) is 0 Å². The zero-order valence-electron chi connectivity index (χ0n) is 11.3. The number of benzene rings is 1. The van der Waals surface area contributed by atoms with Crippen LogP contribution in [0.25, 0.3) is 0 Å². The molecule has 2 heterocycles. The molecule has 0 spiro atoms. The van der Waals surface area contributed by atoms with Crippen molar-refractivity contribution in [2.24, 2.45) is 0 Å². The zero-order chi connectivity index (χ0) is 15.0. The minimum Gasteiger partial charge on any atom is -0.368 e. The molecule has 0 radical (unpaired) electrons. The number of ketones is 1. The molecule has 1 aromatic carbocycles. The molecular formula is C15H12FN3O2. The normalized spacial score (nSPS) is 13.0. The van der Waals surface area contributed by atoms with Crippen molar-refractivity contribution >= 4 is 23.1 Å². The fourth-order valence-electron chi connectivity index (χ4n) is 2.29. The summed E-state index contributed by atoms with van der Waals surface area (Å²) in [5, 5.41) is 2.44. The van der Waals surface area contributed by atoms with Crippen LogP contribution in [0.15, 0.2) is 36.7 Å². The van der Waals surface area contributed by atoms with Crippen molar-refractivity contribution in [2.75, 3.05) is 17.3 Å². The van der Waals surface area contributed by atoms with Crippen molar-refractivity contribution < 1.29 is 14.0 Å². The summed E-state index contributed by atoms with van der Waals surface area (Å²) in [5.74, 6) is -1.96. The third-order valence-corrected chi connectivity index (χ3v) is 3.37. The summed E-state index contributed by atoms with van der Waals surface area (Å²) in [5.41, 5.74) is 1.73. The van der Waals surface area contributed by atoms with Gasteiger partial charge in [-0.05, 0) is 29.8 Å². The van der Waals surface area contributed by atoms with Crippen molar-refractivity contribution in [1.82, 2.24) is 4.98 Å². The van der Waals surface area contributed by atoms with Crippen molar-refractivity contribution in [3.8, 4) is 0 Å². The van der Waals surface area contributed by atoms with Crippen LogP contribution >= 0.6 is 0 Å². The second kappa shape index (κ2) is 4.97. The summed E-state index contributed by atoms with van der Waals surface area (Å²) in [7, 11) is 1.74. The standard InChI is InChI=1S/C15H12FN3O2/c1-19(8-9-2-4-17-5-3-9)13-7-12-10(6-11(13)16)14(20)15(21)18-12/h2-7H,8H2,1H3,(H,18,20,21). The molecule has 5 nitrogen and oxygen atoms in total. The topological polar surface area (TPSA) is 62.3 Å². The van der Waals surface area contributed by atoms with Gasteiger partial charge >= 0.3 is 0 Å². The molecule has 21 heavy (non-hydrogen) atoms. The highest BCUT2D eigenvalue weighted by atomic mass is 19.1. The van der Waals surface area contributed by atoms with E-state index in [0.29, 0.717) is 17.9 Å². The van der Waals surface area contributed by atoms with E-state index in [2.05, 4.69) is 10.3 Å². The minimum atomic E-state index is -0.724. The minimum absolute atomic E-state index is 0.0820. The van der Waals surface area contributed by atoms with Crippen LogP contribution in [0, 0.1) is 5.82 Å². The van der Waals surface area contributed by atoms with Gasteiger partial charge in [0.15, 0.2) is 0 Å². The smallest absolute Gasteiger partial charge is 0.296 e. The first-order chi connectivity index (χ1) is 10.1. The predicted octanol–water partition coefficient (Wildman–Crippen LogP) is 1.99. The largest absolute Gasteiger partial charge is 0.368 e. The van der Waals surface area contributed by atoms with Crippen LogP contribution in [0.2, 0.25) is 0 Å². The molecule has 0 saturated heterocycles. The van der Waals surface area contributed by atoms with Crippen LogP contribution in [0.4, 0.5) is 15.8 Å². The lowest BCUT2D eigenvalue weighted by Crippen LogP contribution is -2.18. The lowest BCUT2D eigenvalue weighted by molar-refractivity contribution is -0.112. The van der Waals surface area contributed by atoms with Gasteiger partial charge in [0.05, 0.1) is 16.9 Å². The number of fused-ring (bicyclic) bond motifs is 1. The zero-order valence-corrected chi connectivity index (χ0v) is 11.3. The fraction of sp³-hybridized carbons (Fsp3) is 0.133. The molecule has 106 valence electrons. The fourth-order valence-corrected chi connectivity index (χ4v) is 2.29. The number of halogens is 1. The van der Waals surface area contributed by atoms with Crippen molar-refractivity contribution in [1.29, 1.82) is 0 Å². The molecule has 0 saturated carbocycles. The Labute approximate surface area is 120 Å². The highest BCUT2D eigenvalue weighted by Crippen LogP contribution is 2.31. The Kier molecular flexibility index (Phi) is 3.13. The summed E-state index contributed by atoms with van der Waals surface area (Å²) in [6.07, 6.45) is 3.34. The second-order valence-electron chi connectivity index (χ2n) is 4.84. The predicted molar refractivity (Wildman–Crippen MR) is 75.7 cm³/mol. The van der Waals surface area contributed by atoms with Crippen molar-refractivity contribution in [3.05, 3.63) is 53.6 Å². The average Bonchev–Trinajstić information content (AvgIpc) is 2.74. The van der Waals surface area contributed by atoms with Gasteiger partial charge in [0.25, 0.3) is 11.7 Å². The van der Waals surface area contributed by atoms with E-state index >= 15 is 0 Å². The Morgan fingerprint density at radius 2 is 1.95 bits per heavy atom. The van der Waals surface area contributed by atoms with E-state index in [0.717, 1.165) is 11.6 Å². The molecule has 1 amide bonds. The van der Waals surface area contributed by atoms with Crippen molar-refractivity contribution in [2.45, 2.75) is 6.54 Å². The van der Waals surface area contributed by atoms with Crippen LogP contribution in [-0.4, -0.2) is 23.7 Å². The van der Waals surface area contributed by atoms with E-state index in [-0.39, 0.29) is 5.56 Å². The Morgan fingerprint density at radius 1 is 1.24 bits per heavy atom. The number of hydrogen-bond donors (Lipinski definition) is 1. The molecule has 1 aliphatic heterocycles. The molecule has 3 rings (SSSR count). The van der Waals surface area contributed by atoms with Gasteiger partial charge in [0.2, 0.25) is 0 Å². The van der Waals surface area contributed by atoms with Crippen LogP contribution in [-0.2, 0) is 11.3 Å². The van der Waals surface area contributed by atoms with Crippen LogP contribution in [0.3, 0.4) is 0 Å². The molecular weight excluding hydrogens is 273 g/mol. The molecule has 0 atom stereocenters. The molecule has 1 aromatic heterocycles. The number of anilines is 2. The summed E-state index contributed by atoms with van der Waals surface area (Å²) in [4.78, 5) is 28.5. The average molecular weight is 285 g/mol. The van der Waals surface area contributed by atoms with E-state index < -0.39 is 17.5 Å². The molecule has 0 unspecified atom stereocenters. The molecule has 1 aliphatic rings. The number of carbonyl (C=O) groups is 2. The number of hydrogen-bond acceptors (Lipinski definition) is 4. The number of rotatable bonds is 3. The maximum atomic E-state index is 14.2. The number of amides is 1. The number of nitrogens with zero attached hydrogens (tertiary/aromatic N) is 2. The summed E-state index contributed by atoms with van der Waals surface area (Å²) < 4.78 is 14.2. The van der Waals surface area contributed by atoms with Crippen LogP contribution in [0.5, 0.6) is 0 Å². The monoisotopic (exact) mass is 285 g/mol. The Hall–Kier alpha value is -2.76. The molecule has 6 heteroatoms. The number of Topliss-reactive ketones (excluding diaryl/α,β-unsaturated/α-hetero) is 1. The number of nitrogens with one attached hydrogen (secondary N) is 1. The Morgan fingerprint density at radius 3 is 2.67 bits per heavy atom. The maximum absolute atomic E-state index is 14.2. The lowest BCUT2D eigenvalue weighted by Gasteiger charge is -2.20. The van der Waals surface area contributed by atoms with Crippen LogP contribution < -0.4 is 10.2 Å². The SMILES string of the molecule is CN(Cc1ccncc1)c1cc2c(cc1F)C(=O)C(=O)N2. The van der Waals surface area contributed by atoms with E-state index in [9.17, 15) is 14.0 Å². The first-order valence-electron chi connectivity index (χ1n) is 6.35. The summed E-state index contributed by atoms with van der Waals surface area (Å²) in [6.45, 7) is 0.486. The molecule has 1 N–H and O–H groups in total. The van der Waals surface area contributed by atoms with Gasteiger partial charge in [-0.1, -0.05) is 0 Å². The number of aromatic nitrogens is 1. The third-order valence-electron chi connectivity index (χ3n) is 3.37. The number of pyridine rings is 1. The molecule has 0 fully saturated rings. The molecule has 0 bridgehead atoms. The Bertz CT molecular complexity index is 731. The van der Waals surface area contributed by atoms with Gasteiger partial charge in [-0.2, -0.15) is 0 Å². The van der Waals surface area contributed by atoms with E-state index in [4.69, 9.17) is 0 Å². The summed E-state index contributed by atoms with van der Waals surface area (Å²) >= 11 is 0. The van der Waals surface area contributed by atoms with Gasteiger partial charge in [0.1, 0.15) is 5.82 Å². The van der Waals surface area contributed by atoms with Gasteiger partial charge in [0, 0.05) is 26.0 Å². The molecule has 2 aromatic rings. The first-order valence-corrected chi connectivity index (χ1v) is 6.35. The second-order valence-corrected chi connectivity index (χ2v) is 4.84. The summed E-state index contributed by atoms with van der Waals surface area (Å²) in [6, 6.07) is 6.27. The maximum Gasteiger partial charge on any atom is 0.296 e. The first kappa shape index (κ1) is 13.2.